The van der Waals surface area contributed by atoms with Gasteiger partial charge in [-0.1, -0.05) is 13.3 Å². The van der Waals surface area contributed by atoms with Crippen LogP contribution in [0.1, 0.15) is 30.1 Å². The molecule has 0 aliphatic carbocycles. The highest BCUT2D eigenvalue weighted by molar-refractivity contribution is 5.94. The van der Waals surface area contributed by atoms with Crippen LogP contribution in [-0.2, 0) is 0 Å². The summed E-state index contributed by atoms with van der Waals surface area (Å²) in [7, 11) is 3.44. The van der Waals surface area contributed by atoms with Crippen LogP contribution in [0.5, 0.6) is 5.75 Å². The lowest BCUT2D eigenvalue weighted by molar-refractivity contribution is 0.0827. The lowest BCUT2D eigenvalue weighted by atomic mass is 10.1. The molecule has 0 atom stereocenters. The number of nitrogens with two attached hydrogens (primary N) is 1. The Morgan fingerprint density at radius 3 is 2.71 bits per heavy atom. The van der Waals surface area contributed by atoms with Crippen LogP contribution in [0.4, 0.5) is 5.69 Å². The smallest absolute Gasteiger partial charge is 0.253 e. The first-order chi connectivity index (χ1) is 8.06. The molecule has 4 heteroatoms. The van der Waals surface area contributed by atoms with Crippen molar-refractivity contribution in [2.75, 3.05) is 26.4 Å². The van der Waals surface area contributed by atoms with E-state index in [4.69, 9.17) is 10.5 Å². The third-order valence-corrected chi connectivity index (χ3v) is 2.42. The number of benzene rings is 1. The number of carbonyl (C=O) groups is 1. The quantitative estimate of drug-likeness (QED) is 0.629. The number of hydrogen-bond donors (Lipinski definition) is 1. The van der Waals surface area contributed by atoms with Gasteiger partial charge in [-0.05, 0) is 24.6 Å². The average Bonchev–Trinajstić information content (AvgIpc) is 2.30. The van der Waals surface area contributed by atoms with Crippen molar-refractivity contribution in [1.29, 1.82) is 0 Å². The SMILES string of the molecule is CCCCOc1cc(C(=O)N(C)C)ccc1N. The zero-order valence-electron chi connectivity index (χ0n) is 10.7. The molecule has 0 fully saturated rings. The molecule has 0 aliphatic rings. The molecule has 0 bridgehead atoms. The minimum absolute atomic E-state index is 0.0506. The van der Waals surface area contributed by atoms with Gasteiger partial charge in [0.1, 0.15) is 5.75 Å². The monoisotopic (exact) mass is 236 g/mol. The van der Waals surface area contributed by atoms with Crippen molar-refractivity contribution < 1.29 is 9.53 Å². The fourth-order valence-corrected chi connectivity index (χ4v) is 1.38. The highest BCUT2D eigenvalue weighted by Crippen LogP contribution is 2.23. The van der Waals surface area contributed by atoms with Crippen molar-refractivity contribution in [3.63, 3.8) is 0 Å². The van der Waals surface area contributed by atoms with Crippen LogP contribution in [0.2, 0.25) is 0 Å². The summed E-state index contributed by atoms with van der Waals surface area (Å²) in [6.07, 6.45) is 2.04. The van der Waals surface area contributed by atoms with E-state index in [9.17, 15) is 4.79 Å². The minimum atomic E-state index is -0.0506. The third kappa shape index (κ3) is 3.66. The summed E-state index contributed by atoms with van der Waals surface area (Å²) < 4.78 is 5.55. The number of nitrogens with zero attached hydrogens (tertiary/aromatic N) is 1. The summed E-state index contributed by atoms with van der Waals surface area (Å²) in [5.41, 5.74) is 6.96. The van der Waals surface area contributed by atoms with Gasteiger partial charge in [-0.25, -0.2) is 0 Å². The molecule has 4 nitrogen and oxygen atoms in total. The number of carbonyl (C=O) groups excluding carboxylic acids is 1. The number of nitrogen functional groups attached to an aromatic ring is 1. The standard InChI is InChI=1S/C13H20N2O2/c1-4-5-8-17-12-9-10(6-7-11(12)14)13(16)15(2)3/h6-7,9H,4-5,8,14H2,1-3H3. The summed E-state index contributed by atoms with van der Waals surface area (Å²) in [6, 6.07) is 5.12. The van der Waals surface area contributed by atoms with E-state index >= 15 is 0 Å². The maximum atomic E-state index is 11.8. The zero-order valence-corrected chi connectivity index (χ0v) is 10.7. The molecule has 0 saturated heterocycles. The molecular formula is C13H20N2O2. The van der Waals surface area contributed by atoms with Gasteiger partial charge in [-0.2, -0.15) is 0 Å². The largest absolute Gasteiger partial charge is 0.491 e. The molecule has 17 heavy (non-hydrogen) atoms. The van der Waals surface area contributed by atoms with Gasteiger partial charge in [0.15, 0.2) is 0 Å². The molecule has 1 amide bonds. The molecular weight excluding hydrogens is 216 g/mol. The molecule has 1 aromatic rings. The Kier molecular flexibility index (Phi) is 4.82. The lowest BCUT2D eigenvalue weighted by Crippen LogP contribution is -2.21. The van der Waals surface area contributed by atoms with Gasteiger partial charge in [0.2, 0.25) is 0 Å². The predicted molar refractivity (Wildman–Crippen MR) is 69.3 cm³/mol. The number of hydrogen-bond acceptors (Lipinski definition) is 3. The first-order valence-corrected chi connectivity index (χ1v) is 5.80. The van der Waals surface area contributed by atoms with Crippen molar-refractivity contribution in [2.45, 2.75) is 19.8 Å². The van der Waals surface area contributed by atoms with Crippen molar-refractivity contribution in [3.05, 3.63) is 23.8 Å². The Labute approximate surface area is 102 Å². The summed E-state index contributed by atoms with van der Waals surface area (Å²) in [5, 5.41) is 0. The molecule has 94 valence electrons. The topological polar surface area (TPSA) is 55.6 Å². The Morgan fingerprint density at radius 1 is 1.41 bits per heavy atom. The molecule has 0 unspecified atom stereocenters. The second-order valence-corrected chi connectivity index (χ2v) is 4.15. The van der Waals surface area contributed by atoms with Gasteiger partial charge < -0.3 is 15.4 Å². The van der Waals surface area contributed by atoms with Crippen LogP contribution in [0.3, 0.4) is 0 Å². The Balaban J connectivity index is 2.83. The highest BCUT2D eigenvalue weighted by Gasteiger charge is 2.10. The molecule has 1 rings (SSSR count). The van der Waals surface area contributed by atoms with Crippen molar-refractivity contribution >= 4 is 11.6 Å². The molecule has 0 saturated carbocycles. The van der Waals surface area contributed by atoms with Crippen molar-refractivity contribution in [2.24, 2.45) is 0 Å². The van der Waals surface area contributed by atoms with Gasteiger partial charge in [0.05, 0.1) is 12.3 Å². The molecule has 1 aromatic carbocycles. The Morgan fingerprint density at radius 2 is 2.12 bits per heavy atom. The van der Waals surface area contributed by atoms with Crippen LogP contribution in [0, 0.1) is 0 Å². The van der Waals surface area contributed by atoms with E-state index in [1.807, 2.05) is 0 Å². The molecule has 0 radical (unpaired) electrons. The highest BCUT2D eigenvalue weighted by atomic mass is 16.5. The van der Waals surface area contributed by atoms with Gasteiger partial charge >= 0.3 is 0 Å². The van der Waals surface area contributed by atoms with E-state index in [-0.39, 0.29) is 5.91 Å². The van der Waals surface area contributed by atoms with E-state index in [1.54, 1.807) is 32.3 Å². The second-order valence-electron chi connectivity index (χ2n) is 4.15. The van der Waals surface area contributed by atoms with Gasteiger partial charge in [0, 0.05) is 19.7 Å². The first-order valence-electron chi connectivity index (χ1n) is 5.80. The van der Waals surface area contributed by atoms with Gasteiger partial charge in [0.25, 0.3) is 5.91 Å². The molecule has 0 aliphatic heterocycles. The van der Waals surface area contributed by atoms with Crippen LogP contribution in [0.15, 0.2) is 18.2 Å². The molecule has 0 spiro atoms. The normalized spacial score (nSPS) is 10.1. The number of unbranched alkanes of at least 4 members (excludes halogenated alkanes) is 1. The van der Waals surface area contributed by atoms with E-state index in [1.165, 1.54) is 4.90 Å². The number of ether oxygens (including phenoxy) is 1. The maximum Gasteiger partial charge on any atom is 0.253 e. The van der Waals surface area contributed by atoms with E-state index in [0.29, 0.717) is 23.6 Å². The van der Waals surface area contributed by atoms with E-state index in [2.05, 4.69) is 6.92 Å². The van der Waals surface area contributed by atoms with Crippen LogP contribution in [0.25, 0.3) is 0 Å². The second kappa shape index (κ2) is 6.13. The number of anilines is 1. The van der Waals surface area contributed by atoms with Crippen LogP contribution < -0.4 is 10.5 Å². The summed E-state index contributed by atoms with van der Waals surface area (Å²) in [4.78, 5) is 13.3. The first kappa shape index (κ1) is 13.4. The number of amides is 1. The maximum absolute atomic E-state index is 11.8. The van der Waals surface area contributed by atoms with Crippen molar-refractivity contribution in [3.8, 4) is 5.75 Å². The van der Waals surface area contributed by atoms with Gasteiger partial charge in [-0.3, -0.25) is 4.79 Å². The summed E-state index contributed by atoms with van der Waals surface area (Å²) >= 11 is 0. The Hall–Kier alpha value is -1.71. The minimum Gasteiger partial charge on any atom is -0.491 e. The lowest BCUT2D eigenvalue weighted by Gasteiger charge is -2.13. The molecule has 0 heterocycles. The van der Waals surface area contributed by atoms with Gasteiger partial charge in [-0.15, -0.1) is 0 Å². The van der Waals surface area contributed by atoms with E-state index < -0.39 is 0 Å². The average molecular weight is 236 g/mol. The van der Waals surface area contributed by atoms with Crippen LogP contribution >= 0.6 is 0 Å². The zero-order chi connectivity index (χ0) is 12.8. The predicted octanol–water partition coefficient (Wildman–Crippen LogP) is 2.15. The number of rotatable bonds is 5. The summed E-state index contributed by atoms with van der Waals surface area (Å²) in [5.74, 6) is 0.538. The summed E-state index contributed by atoms with van der Waals surface area (Å²) in [6.45, 7) is 2.72. The fourth-order valence-electron chi connectivity index (χ4n) is 1.38. The van der Waals surface area contributed by atoms with Crippen molar-refractivity contribution in [1.82, 2.24) is 4.90 Å². The molecule has 0 aromatic heterocycles. The Bertz CT molecular complexity index is 389. The molecule has 2 N–H and O–H groups in total. The van der Waals surface area contributed by atoms with E-state index in [0.717, 1.165) is 12.8 Å². The third-order valence-electron chi connectivity index (χ3n) is 2.42. The van der Waals surface area contributed by atoms with Crippen LogP contribution in [-0.4, -0.2) is 31.5 Å². The fraction of sp³-hybridized carbons (Fsp3) is 0.462.